The maximum absolute atomic E-state index is 12.4. The molecule has 3 N–H and O–H groups in total. The van der Waals surface area contributed by atoms with E-state index in [4.69, 9.17) is 14.2 Å². The maximum atomic E-state index is 12.4. The zero-order valence-electron chi connectivity index (χ0n) is 12.6. The highest BCUT2D eigenvalue weighted by Crippen LogP contribution is 2.76. The highest BCUT2D eigenvalue weighted by atomic mass is 16.7. The van der Waals surface area contributed by atoms with Crippen LogP contribution in [0.15, 0.2) is 0 Å². The number of rotatable bonds is 1. The maximum Gasteiger partial charge on any atom is 0.312 e. The first-order chi connectivity index (χ1) is 10.1. The summed E-state index contributed by atoms with van der Waals surface area (Å²) in [6.45, 7) is 5.29. The number of carbonyl (C=O) groups excluding carboxylic acids is 1. The van der Waals surface area contributed by atoms with E-state index in [1.165, 1.54) is 0 Å². The molecule has 2 saturated carbocycles. The Kier molecular flexibility index (Phi) is 2.01. The van der Waals surface area contributed by atoms with Crippen LogP contribution in [0.25, 0.3) is 0 Å². The monoisotopic (exact) mass is 312 g/mol. The van der Waals surface area contributed by atoms with Gasteiger partial charge in [0.1, 0.15) is 35.6 Å². The topological polar surface area (TPSA) is 112 Å². The summed E-state index contributed by atoms with van der Waals surface area (Å²) in [5.74, 6) is -2.19. The van der Waals surface area contributed by atoms with Gasteiger partial charge in [-0.2, -0.15) is 0 Å². The summed E-state index contributed by atoms with van der Waals surface area (Å²) in [4.78, 5) is 12.4. The molecule has 9 atom stereocenters. The molecular formula is C15H20O7. The van der Waals surface area contributed by atoms with Crippen molar-refractivity contribution in [2.45, 2.75) is 62.0 Å². The Hall–Kier alpha value is -0.730. The van der Waals surface area contributed by atoms with Gasteiger partial charge in [0.25, 0.3) is 0 Å². The van der Waals surface area contributed by atoms with E-state index in [0.29, 0.717) is 6.61 Å². The molecule has 1 spiro atoms. The lowest BCUT2D eigenvalue weighted by Gasteiger charge is -2.55. The zero-order chi connectivity index (χ0) is 15.9. The summed E-state index contributed by atoms with van der Waals surface area (Å²) in [6, 6.07) is 0. The number of carbonyl (C=O) groups is 1. The molecule has 122 valence electrons. The molecule has 5 fully saturated rings. The molecule has 5 aliphatic rings. The summed E-state index contributed by atoms with van der Waals surface area (Å²) < 4.78 is 16.6. The van der Waals surface area contributed by atoms with Gasteiger partial charge < -0.3 is 29.5 Å². The van der Waals surface area contributed by atoms with Gasteiger partial charge in [0.05, 0.1) is 23.5 Å². The van der Waals surface area contributed by atoms with Gasteiger partial charge in [-0.05, 0) is 13.8 Å². The van der Waals surface area contributed by atoms with E-state index in [9.17, 15) is 20.1 Å². The van der Waals surface area contributed by atoms with Gasteiger partial charge in [0.15, 0.2) is 0 Å². The molecule has 0 aromatic carbocycles. The van der Waals surface area contributed by atoms with Crippen molar-refractivity contribution in [1.82, 2.24) is 0 Å². The molecule has 0 amide bonds. The Morgan fingerprint density at radius 3 is 2.50 bits per heavy atom. The Labute approximate surface area is 127 Å². The lowest BCUT2D eigenvalue weighted by Crippen LogP contribution is -2.72. The number of aliphatic hydroxyl groups excluding tert-OH is 1. The molecule has 3 aliphatic heterocycles. The molecule has 0 radical (unpaired) electrons. The average Bonchev–Trinajstić information content (AvgIpc) is 3.26. The summed E-state index contributed by atoms with van der Waals surface area (Å²) >= 11 is 0. The summed E-state index contributed by atoms with van der Waals surface area (Å²) in [6.07, 6.45) is -2.82. The molecule has 2 bridgehead atoms. The van der Waals surface area contributed by atoms with E-state index in [1.807, 2.05) is 0 Å². The van der Waals surface area contributed by atoms with E-state index < -0.39 is 58.3 Å². The van der Waals surface area contributed by atoms with E-state index >= 15 is 0 Å². The molecule has 2 aliphatic carbocycles. The summed E-state index contributed by atoms with van der Waals surface area (Å²) in [5.41, 5.74) is -4.66. The van der Waals surface area contributed by atoms with Gasteiger partial charge in [-0.25, -0.2) is 0 Å². The minimum absolute atomic E-state index is 0.299. The summed E-state index contributed by atoms with van der Waals surface area (Å²) in [5, 5.41) is 33.0. The van der Waals surface area contributed by atoms with E-state index in [1.54, 1.807) is 20.8 Å². The summed E-state index contributed by atoms with van der Waals surface area (Å²) in [7, 11) is 0. The van der Waals surface area contributed by atoms with Crippen LogP contribution in [0.2, 0.25) is 0 Å². The fourth-order valence-electron chi connectivity index (χ4n) is 5.73. The minimum atomic E-state index is -1.59. The van der Waals surface area contributed by atoms with Crippen molar-refractivity contribution in [2.24, 2.45) is 17.3 Å². The molecule has 3 heterocycles. The lowest BCUT2D eigenvalue weighted by molar-refractivity contribution is -0.254. The van der Waals surface area contributed by atoms with Crippen molar-refractivity contribution < 1.29 is 34.3 Å². The third-order valence-corrected chi connectivity index (χ3v) is 6.96. The highest BCUT2D eigenvalue weighted by molar-refractivity contribution is 5.79. The molecule has 5 rings (SSSR count). The fourth-order valence-corrected chi connectivity index (χ4v) is 5.73. The van der Waals surface area contributed by atoms with Crippen molar-refractivity contribution in [3.8, 4) is 0 Å². The van der Waals surface area contributed by atoms with Crippen LogP contribution in [0.5, 0.6) is 0 Å². The number of ether oxygens (including phenoxy) is 3. The van der Waals surface area contributed by atoms with Crippen LogP contribution in [0.1, 0.15) is 20.8 Å². The van der Waals surface area contributed by atoms with Gasteiger partial charge in [0.2, 0.25) is 0 Å². The van der Waals surface area contributed by atoms with Crippen LogP contribution >= 0.6 is 0 Å². The van der Waals surface area contributed by atoms with E-state index in [0.717, 1.165) is 0 Å². The number of hydrogen-bond donors (Lipinski definition) is 3. The Morgan fingerprint density at radius 2 is 1.95 bits per heavy atom. The molecule has 3 saturated heterocycles. The van der Waals surface area contributed by atoms with E-state index in [2.05, 4.69) is 0 Å². The van der Waals surface area contributed by atoms with Crippen LogP contribution in [0.4, 0.5) is 0 Å². The Bertz CT molecular complexity index is 593. The standard InChI is InChI=1S/C15H20O7/c1-12(2,18)5-6-11(17)21-7(5)8(16)13(3)14(4-20-14)9-10(22-9)15(6,13)19/h5-10,16,18-19H,4H2,1-3H3/t5?,6?,7?,8-,9+,10-,13-,14+,15-/m0/s1. The van der Waals surface area contributed by atoms with Crippen LogP contribution < -0.4 is 0 Å². The molecule has 7 heteroatoms. The Balaban J connectivity index is 1.74. The predicted octanol–water partition coefficient (Wildman–Crippen LogP) is -1.42. The number of esters is 1. The molecule has 7 nitrogen and oxygen atoms in total. The van der Waals surface area contributed by atoms with Crippen LogP contribution in [0, 0.1) is 17.3 Å². The number of hydrogen-bond acceptors (Lipinski definition) is 7. The third-order valence-electron chi connectivity index (χ3n) is 6.96. The third kappa shape index (κ3) is 1.05. The largest absolute Gasteiger partial charge is 0.459 e. The Morgan fingerprint density at radius 1 is 1.32 bits per heavy atom. The SMILES string of the molecule is CC(C)(O)C1C2OC(=O)C1[C@]1(O)[C@H]3O[C@H]3[C@]3(CO3)[C@]1(C)[C@H]2O. The van der Waals surface area contributed by atoms with Gasteiger partial charge in [-0.1, -0.05) is 6.92 Å². The predicted molar refractivity (Wildman–Crippen MR) is 69.6 cm³/mol. The number of fused-ring (bicyclic) bond motifs is 8. The van der Waals surface area contributed by atoms with Gasteiger partial charge in [0, 0.05) is 5.92 Å². The first-order valence-corrected chi connectivity index (χ1v) is 7.73. The number of aliphatic hydroxyl groups is 3. The van der Waals surface area contributed by atoms with Crippen LogP contribution in [0.3, 0.4) is 0 Å². The van der Waals surface area contributed by atoms with Gasteiger partial charge >= 0.3 is 5.97 Å². The van der Waals surface area contributed by atoms with Crippen molar-refractivity contribution in [1.29, 1.82) is 0 Å². The van der Waals surface area contributed by atoms with Crippen LogP contribution in [-0.4, -0.2) is 69.1 Å². The first-order valence-electron chi connectivity index (χ1n) is 7.73. The highest BCUT2D eigenvalue weighted by Gasteiger charge is 2.94. The molecule has 22 heavy (non-hydrogen) atoms. The van der Waals surface area contributed by atoms with E-state index in [-0.39, 0.29) is 6.10 Å². The van der Waals surface area contributed by atoms with Gasteiger partial charge in [-0.15, -0.1) is 0 Å². The van der Waals surface area contributed by atoms with Crippen molar-refractivity contribution in [3.63, 3.8) is 0 Å². The van der Waals surface area contributed by atoms with Crippen molar-refractivity contribution in [3.05, 3.63) is 0 Å². The average molecular weight is 312 g/mol. The molecular weight excluding hydrogens is 292 g/mol. The fraction of sp³-hybridized carbons (Fsp3) is 0.933. The minimum Gasteiger partial charge on any atom is -0.459 e. The molecule has 0 aromatic rings. The lowest BCUT2D eigenvalue weighted by atomic mass is 9.51. The molecule has 3 unspecified atom stereocenters. The molecule has 0 aromatic heterocycles. The normalized spacial score (nSPS) is 64.4. The quantitative estimate of drug-likeness (QED) is 0.402. The number of epoxide rings is 2. The van der Waals surface area contributed by atoms with Crippen molar-refractivity contribution >= 4 is 5.97 Å². The smallest absolute Gasteiger partial charge is 0.312 e. The van der Waals surface area contributed by atoms with Gasteiger partial charge in [-0.3, -0.25) is 4.79 Å². The second-order valence-electron chi connectivity index (χ2n) is 8.19. The van der Waals surface area contributed by atoms with Crippen LogP contribution in [-0.2, 0) is 19.0 Å². The van der Waals surface area contributed by atoms with Crippen molar-refractivity contribution in [2.75, 3.05) is 6.61 Å². The second kappa shape index (κ2) is 3.23. The first kappa shape index (κ1) is 13.7. The zero-order valence-corrected chi connectivity index (χ0v) is 12.6. The second-order valence-corrected chi connectivity index (χ2v) is 8.19.